The molecule has 0 bridgehead atoms. The lowest BCUT2D eigenvalue weighted by molar-refractivity contribution is -0.136. The molecule has 2 rings (SSSR count). The Bertz CT molecular complexity index is 610. The zero-order chi connectivity index (χ0) is 17.3. The van der Waals surface area contributed by atoms with Crippen LogP contribution in [-0.2, 0) is 9.59 Å². The Balaban J connectivity index is 0.00000288. The fourth-order valence-electron chi connectivity index (χ4n) is 3.35. The molecule has 0 aliphatic carbocycles. The number of carbonyl (C=O) groups excluding carboxylic acids is 2. The number of amides is 2. The van der Waals surface area contributed by atoms with Crippen LogP contribution in [0.4, 0.5) is 5.69 Å². The molecule has 134 valence electrons. The minimum Gasteiger partial charge on any atom is -0.341 e. The molecule has 6 heteroatoms. The van der Waals surface area contributed by atoms with Gasteiger partial charge in [-0.2, -0.15) is 0 Å². The molecule has 1 aromatic rings. The van der Waals surface area contributed by atoms with Crippen molar-refractivity contribution in [3.63, 3.8) is 0 Å². The van der Waals surface area contributed by atoms with Gasteiger partial charge in [0.25, 0.3) is 0 Å². The van der Waals surface area contributed by atoms with Crippen molar-refractivity contribution in [1.29, 1.82) is 0 Å². The molecule has 2 N–H and O–H groups in total. The molecule has 0 radical (unpaired) electrons. The van der Waals surface area contributed by atoms with Gasteiger partial charge in [-0.3, -0.25) is 9.59 Å². The Morgan fingerprint density at radius 2 is 1.88 bits per heavy atom. The van der Waals surface area contributed by atoms with E-state index in [4.69, 9.17) is 5.73 Å². The van der Waals surface area contributed by atoms with Crippen molar-refractivity contribution in [3.8, 4) is 0 Å². The number of anilines is 1. The van der Waals surface area contributed by atoms with E-state index in [1.165, 1.54) is 5.56 Å². The number of nitrogens with zero attached hydrogens (tertiary/aromatic N) is 2. The Morgan fingerprint density at radius 3 is 2.38 bits per heavy atom. The van der Waals surface area contributed by atoms with Gasteiger partial charge < -0.3 is 15.5 Å². The normalized spacial score (nSPS) is 18.3. The number of nitrogens with two attached hydrogens (primary N) is 1. The van der Waals surface area contributed by atoms with Crippen LogP contribution in [0.15, 0.2) is 12.1 Å². The molecule has 1 aromatic carbocycles. The van der Waals surface area contributed by atoms with Crippen LogP contribution in [0.3, 0.4) is 0 Å². The average molecular weight is 354 g/mol. The Hall–Kier alpha value is -1.59. The van der Waals surface area contributed by atoms with E-state index < -0.39 is 0 Å². The summed E-state index contributed by atoms with van der Waals surface area (Å²) in [6, 6.07) is 4.13. The number of aryl methyl sites for hydroxylation is 3. The van der Waals surface area contributed by atoms with Crippen LogP contribution in [0.25, 0.3) is 0 Å². The number of likely N-dealkylation sites (N-methyl/N-ethyl adjacent to an activating group) is 1. The quantitative estimate of drug-likeness (QED) is 0.902. The van der Waals surface area contributed by atoms with Gasteiger partial charge >= 0.3 is 0 Å². The summed E-state index contributed by atoms with van der Waals surface area (Å²) in [6.07, 6.45) is 0.271. The first-order chi connectivity index (χ1) is 10.8. The number of carbonyl (C=O) groups is 2. The third-order valence-electron chi connectivity index (χ3n) is 4.73. The molecule has 2 amide bonds. The molecule has 0 saturated carbocycles. The molecule has 1 aliphatic heterocycles. The van der Waals surface area contributed by atoms with Gasteiger partial charge in [0.15, 0.2) is 0 Å². The molecule has 1 heterocycles. The fourth-order valence-corrected chi connectivity index (χ4v) is 3.35. The van der Waals surface area contributed by atoms with Gasteiger partial charge in [-0.1, -0.05) is 17.7 Å². The molecule has 2 unspecified atom stereocenters. The summed E-state index contributed by atoms with van der Waals surface area (Å²) >= 11 is 0. The summed E-state index contributed by atoms with van der Waals surface area (Å²) in [5.41, 5.74) is 9.92. The molecule has 0 spiro atoms. The lowest BCUT2D eigenvalue weighted by Gasteiger charge is -2.27. The van der Waals surface area contributed by atoms with Crippen molar-refractivity contribution in [1.82, 2.24) is 4.90 Å². The van der Waals surface area contributed by atoms with Crippen molar-refractivity contribution in [2.45, 2.75) is 40.2 Å². The number of rotatable bonds is 4. The number of halogens is 1. The summed E-state index contributed by atoms with van der Waals surface area (Å²) in [7, 11) is 1.76. The second-order valence-corrected chi connectivity index (χ2v) is 6.69. The van der Waals surface area contributed by atoms with Gasteiger partial charge in [0.2, 0.25) is 11.8 Å². The molecular weight excluding hydrogens is 326 g/mol. The molecule has 1 aliphatic rings. The van der Waals surface area contributed by atoms with Crippen molar-refractivity contribution in [2.24, 2.45) is 11.7 Å². The van der Waals surface area contributed by atoms with E-state index in [0.29, 0.717) is 13.1 Å². The first-order valence-electron chi connectivity index (χ1n) is 8.11. The van der Waals surface area contributed by atoms with Crippen LogP contribution in [0, 0.1) is 26.7 Å². The highest BCUT2D eigenvalue weighted by molar-refractivity contribution is 6.01. The Labute approximate surface area is 150 Å². The van der Waals surface area contributed by atoms with E-state index in [1.54, 1.807) is 16.8 Å². The average Bonchev–Trinajstić information content (AvgIpc) is 2.85. The van der Waals surface area contributed by atoms with Gasteiger partial charge in [0, 0.05) is 38.3 Å². The third kappa shape index (κ3) is 3.90. The maximum atomic E-state index is 12.6. The van der Waals surface area contributed by atoms with E-state index >= 15 is 0 Å². The van der Waals surface area contributed by atoms with Gasteiger partial charge in [0.1, 0.15) is 0 Å². The summed E-state index contributed by atoms with van der Waals surface area (Å²) < 4.78 is 0. The third-order valence-corrected chi connectivity index (χ3v) is 4.73. The standard InChI is InChI=1S/C18H27N3O2.ClH/c1-11-6-12(2)17(13(3)7-11)21-10-15(8-16(21)22)18(23)20(5)14(4)9-19;/h6-7,14-15H,8-10,19H2,1-5H3;1H. The van der Waals surface area contributed by atoms with Crippen molar-refractivity contribution in [3.05, 3.63) is 28.8 Å². The van der Waals surface area contributed by atoms with Crippen LogP contribution in [0.1, 0.15) is 30.0 Å². The second-order valence-electron chi connectivity index (χ2n) is 6.69. The minimum atomic E-state index is -0.290. The first-order valence-corrected chi connectivity index (χ1v) is 8.11. The highest BCUT2D eigenvalue weighted by atomic mass is 35.5. The predicted molar refractivity (Wildman–Crippen MR) is 99.6 cm³/mol. The van der Waals surface area contributed by atoms with E-state index in [-0.39, 0.29) is 42.6 Å². The van der Waals surface area contributed by atoms with Gasteiger partial charge in [-0.15, -0.1) is 12.4 Å². The predicted octanol–water partition coefficient (Wildman–Crippen LogP) is 2.19. The van der Waals surface area contributed by atoms with Gasteiger partial charge in [-0.05, 0) is 38.8 Å². The smallest absolute Gasteiger partial charge is 0.228 e. The maximum absolute atomic E-state index is 12.6. The molecular formula is C18H28ClN3O2. The molecule has 24 heavy (non-hydrogen) atoms. The maximum Gasteiger partial charge on any atom is 0.228 e. The van der Waals surface area contributed by atoms with Crippen molar-refractivity contribution >= 4 is 29.9 Å². The number of hydrogen-bond donors (Lipinski definition) is 1. The molecule has 2 atom stereocenters. The number of hydrogen-bond acceptors (Lipinski definition) is 3. The SMILES string of the molecule is Cc1cc(C)c(N2CC(C(=O)N(C)C(C)CN)CC2=O)c(C)c1.Cl. The summed E-state index contributed by atoms with van der Waals surface area (Å²) in [5.74, 6) is -0.268. The highest BCUT2D eigenvalue weighted by Crippen LogP contribution is 2.32. The van der Waals surface area contributed by atoms with Crippen molar-refractivity contribution in [2.75, 3.05) is 25.0 Å². The topological polar surface area (TPSA) is 66.6 Å². The van der Waals surface area contributed by atoms with Gasteiger partial charge in [-0.25, -0.2) is 0 Å². The summed E-state index contributed by atoms with van der Waals surface area (Å²) in [5, 5.41) is 0. The van der Waals surface area contributed by atoms with Crippen LogP contribution in [-0.4, -0.2) is 42.9 Å². The highest BCUT2D eigenvalue weighted by Gasteiger charge is 2.38. The Kier molecular flexibility index (Phi) is 6.81. The number of benzene rings is 1. The Morgan fingerprint density at radius 1 is 1.33 bits per heavy atom. The van der Waals surface area contributed by atoms with Gasteiger partial charge in [0.05, 0.1) is 5.92 Å². The van der Waals surface area contributed by atoms with E-state index in [9.17, 15) is 9.59 Å². The molecule has 0 aromatic heterocycles. The van der Waals surface area contributed by atoms with E-state index in [0.717, 1.165) is 16.8 Å². The van der Waals surface area contributed by atoms with Crippen LogP contribution in [0.5, 0.6) is 0 Å². The fraction of sp³-hybridized carbons (Fsp3) is 0.556. The second kappa shape index (κ2) is 7.99. The largest absolute Gasteiger partial charge is 0.341 e. The lowest BCUT2D eigenvalue weighted by Crippen LogP contribution is -2.43. The molecule has 5 nitrogen and oxygen atoms in total. The monoisotopic (exact) mass is 353 g/mol. The summed E-state index contributed by atoms with van der Waals surface area (Å²) in [6.45, 7) is 8.86. The van der Waals surface area contributed by atoms with Crippen molar-refractivity contribution < 1.29 is 9.59 Å². The zero-order valence-corrected chi connectivity index (χ0v) is 15.9. The van der Waals surface area contributed by atoms with E-state index in [1.807, 2.05) is 27.7 Å². The zero-order valence-electron chi connectivity index (χ0n) is 15.1. The lowest BCUT2D eigenvalue weighted by atomic mass is 10.0. The molecule has 1 saturated heterocycles. The van der Waals surface area contributed by atoms with Crippen LogP contribution < -0.4 is 10.6 Å². The van der Waals surface area contributed by atoms with Crippen LogP contribution >= 0.6 is 12.4 Å². The molecule has 1 fully saturated rings. The van der Waals surface area contributed by atoms with E-state index in [2.05, 4.69) is 12.1 Å². The minimum absolute atomic E-state index is 0. The van der Waals surface area contributed by atoms with Crippen LogP contribution in [0.2, 0.25) is 0 Å². The summed E-state index contributed by atoms with van der Waals surface area (Å²) in [4.78, 5) is 28.5. The first kappa shape index (κ1) is 20.5.